The Kier molecular flexibility index (Phi) is 10.6. The lowest BCUT2D eigenvalue weighted by atomic mass is 9.89. The Morgan fingerprint density at radius 3 is 2.67 bits per heavy atom. The number of carbonyl (C=O) groups is 2. The quantitative estimate of drug-likeness (QED) is 0.383. The van der Waals surface area contributed by atoms with Gasteiger partial charge in [-0.05, 0) is 31.6 Å². The number of allylic oxidation sites excluding steroid dienone is 1. The van der Waals surface area contributed by atoms with Crippen LogP contribution < -0.4 is 0 Å². The Balaban J connectivity index is 2.28. The lowest BCUT2D eigenvalue weighted by Gasteiger charge is -2.15. The van der Waals surface area contributed by atoms with Crippen LogP contribution in [0.3, 0.4) is 0 Å². The molecule has 1 fully saturated rings. The lowest BCUT2D eigenvalue weighted by Crippen LogP contribution is -2.14. The van der Waals surface area contributed by atoms with Gasteiger partial charge in [-0.1, -0.05) is 57.6 Å². The van der Waals surface area contributed by atoms with Crippen LogP contribution in [0.2, 0.25) is 0 Å². The van der Waals surface area contributed by atoms with E-state index in [0.717, 1.165) is 64.2 Å². The van der Waals surface area contributed by atoms with Crippen LogP contribution in [0.25, 0.3) is 0 Å². The van der Waals surface area contributed by atoms with Gasteiger partial charge in [0.2, 0.25) is 0 Å². The number of hydrogen-bond donors (Lipinski definition) is 2. The molecule has 4 nitrogen and oxygen atoms in total. The maximum absolute atomic E-state index is 12.1. The fraction of sp³-hybridized carbons (Fsp3) is 0.800. The molecule has 0 heterocycles. The zero-order valence-corrected chi connectivity index (χ0v) is 15.1. The van der Waals surface area contributed by atoms with Gasteiger partial charge >= 0.3 is 5.97 Å². The summed E-state index contributed by atoms with van der Waals surface area (Å²) in [5.74, 6) is 0.000218. The number of aliphatic hydroxyl groups excluding tert-OH is 1. The number of carboxylic acid groups (broad SMARTS) is 1. The molecule has 0 amide bonds. The van der Waals surface area contributed by atoms with Gasteiger partial charge in [-0.25, -0.2) is 0 Å². The number of hydrogen-bond acceptors (Lipinski definition) is 3. The highest BCUT2D eigenvalue weighted by Gasteiger charge is 2.32. The summed E-state index contributed by atoms with van der Waals surface area (Å²) in [5.41, 5.74) is 0. The molecule has 0 bridgehead atoms. The highest BCUT2D eigenvalue weighted by Crippen LogP contribution is 2.34. The second kappa shape index (κ2) is 12.2. The van der Waals surface area contributed by atoms with Crippen molar-refractivity contribution in [2.45, 2.75) is 90.1 Å². The van der Waals surface area contributed by atoms with Crippen LogP contribution in [0.1, 0.15) is 84.0 Å². The smallest absolute Gasteiger partial charge is 0.303 e. The fourth-order valence-electron chi connectivity index (χ4n) is 3.50. The van der Waals surface area contributed by atoms with Crippen molar-refractivity contribution in [2.75, 3.05) is 0 Å². The van der Waals surface area contributed by atoms with E-state index in [0.29, 0.717) is 12.2 Å². The molecule has 138 valence electrons. The van der Waals surface area contributed by atoms with Gasteiger partial charge in [0.1, 0.15) is 5.78 Å². The normalized spacial score (nSPS) is 22.3. The zero-order valence-electron chi connectivity index (χ0n) is 15.1. The van der Waals surface area contributed by atoms with E-state index in [-0.39, 0.29) is 24.4 Å². The monoisotopic (exact) mass is 338 g/mol. The third-order valence-electron chi connectivity index (χ3n) is 4.99. The zero-order chi connectivity index (χ0) is 17.8. The maximum Gasteiger partial charge on any atom is 0.303 e. The molecule has 1 rings (SSSR count). The number of carbonyl (C=O) groups excluding carboxylic acids is 1. The summed E-state index contributed by atoms with van der Waals surface area (Å²) in [6.07, 6.45) is 14.0. The molecule has 0 aromatic carbocycles. The van der Waals surface area contributed by atoms with Gasteiger partial charge < -0.3 is 10.2 Å². The van der Waals surface area contributed by atoms with Crippen LogP contribution in [-0.2, 0) is 9.59 Å². The summed E-state index contributed by atoms with van der Waals surface area (Å²) in [6, 6.07) is 0. The molecule has 0 aliphatic heterocycles. The van der Waals surface area contributed by atoms with Gasteiger partial charge in [0.15, 0.2) is 0 Å². The van der Waals surface area contributed by atoms with E-state index in [1.807, 2.05) is 6.08 Å². The molecule has 3 atom stereocenters. The Hall–Kier alpha value is -1.16. The molecular weight excluding hydrogens is 304 g/mol. The minimum Gasteiger partial charge on any atom is -0.481 e. The first-order chi connectivity index (χ1) is 11.5. The molecule has 4 heteroatoms. The summed E-state index contributed by atoms with van der Waals surface area (Å²) in [6.45, 7) is 2.15. The van der Waals surface area contributed by atoms with Gasteiger partial charge in [0.05, 0.1) is 6.10 Å². The number of aliphatic hydroxyl groups is 1. The molecule has 24 heavy (non-hydrogen) atoms. The van der Waals surface area contributed by atoms with Crippen molar-refractivity contribution in [3.63, 3.8) is 0 Å². The maximum atomic E-state index is 12.1. The molecule has 1 saturated carbocycles. The Labute approximate surface area is 146 Å². The predicted octanol–water partition coefficient (Wildman–Crippen LogP) is 4.50. The first-order valence-electron chi connectivity index (χ1n) is 9.65. The van der Waals surface area contributed by atoms with E-state index in [4.69, 9.17) is 5.11 Å². The molecule has 1 aliphatic rings. The molecule has 0 aromatic rings. The minimum atomic E-state index is -0.733. The topological polar surface area (TPSA) is 74.6 Å². The molecular formula is C20H34O4. The first kappa shape index (κ1) is 20.9. The van der Waals surface area contributed by atoms with Crippen LogP contribution in [0.5, 0.6) is 0 Å². The van der Waals surface area contributed by atoms with E-state index >= 15 is 0 Å². The van der Waals surface area contributed by atoms with Crippen molar-refractivity contribution in [1.29, 1.82) is 0 Å². The number of aliphatic carboxylic acids is 1. The van der Waals surface area contributed by atoms with Crippen LogP contribution in [0.4, 0.5) is 0 Å². The second-order valence-corrected chi connectivity index (χ2v) is 7.07. The summed E-state index contributed by atoms with van der Waals surface area (Å²) in [4.78, 5) is 22.5. The molecule has 1 unspecified atom stereocenters. The summed E-state index contributed by atoms with van der Waals surface area (Å²) in [7, 11) is 0. The number of ketones is 1. The summed E-state index contributed by atoms with van der Waals surface area (Å²) >= 11 is 0. The van der Waals surface area contributed by atoms with Crippen molar-refractivity contribution in [2.24, 2.45) is 11.8 Å². The van der Waals surface area contributed by atoms with Gasteiger partial charge in [0.25, 0.3) is 0 Å². The van der Waals surface area contributed by atoms with E-state index in [1.54, 1.807) is 0 Å². The fourth-order valence-corrected chi connectivity index (χ4v) is 3.50. The number of unbranched alkanes of at least 4 members (excludes halogenated alkanes) is 5. The summed E-state index contributed by atoms with van der Waals surface area (Å²) in [5, 5.41) is 18.6. The van der Waals surface area contributed by atoms with Crippen molar-refractivity contribution in [3.05, 3.63) is 12.2 Å². The van der Waals surface area contributed by atoms with Gasteiger partial charge in [-0.15, -0.1) is 0 Å². The average Bonchev–Trinajstić information content (AvgIpc) is 2.89. The van der Waals surface area contributed by atoms with Crippen molar-refractivity contribution in [1.82, 2.24) is 0 Å². The third kappa shape index (κ3) is 8.62. The standard InChI is InChI=1S/C20H34O4/c1-2-3-6-9-17(21)14-12-16-13-15-19(22)18(16)10-7-4-5-8-11-20(23)24/h12,14,16-18,21H,2-11,13,15H2,1H3,(H,23,24)/t16?,17-,18+/m0/s1. The van der Waals surface area contributed by atoms with Crippen molar-refractivity contribution in [3.8, 4) is 0 Å². The Bertz CT molecular complexity index is 402. The summed E-state index contributed by atoms with van der Waals surface area (Å²) < 4.78 is 0. The van der Waals surface area contributed by atoms with Gasteiger partial charge in [0, 0.05) is 18.8 Å². The highest BCUT2D eigenvalue weighted by atomic mass is 16.4. The second-order valence-electron chi connectivity index (χ2n) is 7.07. The minimum absolute atomic E-state index is 0.101. The van der Waals surface area contributed by atoms with Crippen LogP contribution in [0.15, 0.2) is 12.2 Å². The number of Topliss-reactive ketones (excluding diaryl/α,β-unsaturated/α-hetero) is 1. The molecule has 0 spiro atoms. The van der Waals surface area contributed by atoms with E-state index in [9.17, 15) is 14.7 Å². The molecule has 0 saturated heterocycles. The molecule has 0 aromatic heterocycles. The number of rotatable bonds is 13. The Morgan fingerprint density at radius 2 is 1.96 bits per heavy atom. The number of carboxylic acids is 1. The Morgan fingerprint density at radius 1 is 1.21 bits per heavy atom. The average molecular weight is 338 g/mol. The highest BCUT2D eigenvalue weighted by molar-refractivity contribution is 5.83. The van der Waals surface area contributed by atoms with Gasteiger partial charge in [-0.3, -0.25) is 9.59 Å². The molecule has 1 aliphatic carbocycles. The first-order valence-corrected chi connectivity index (χ1v) is 9.65. The predicted molar refractivity (Wildman–Crippen MR) is 95.8 cm³/mol. The van der Waals surface area contributed by atoms with Crippen LogP contribution >= 0.6 is 0 Å². The largest absolute Gasteiger partial charge is 0.481 e. The van der Waals surface area contributed by atoms with E-state index in [2.05, 4.69) is 13.0 Å². The molecule has 2 N–H and O–H groups in total. The van der Waals surface area contributed by atoms with Gasteiger partial charge in [-0.2, -0.15) is 0 Å². The SMILES string of the molecule is CCCCC[C@H](O)C=CC1CCC(=O)[C@@H]1CCCCCCC(=O)O. The lowest BCUT2D eigenvalue weighted by molar-refractivity contribution is -0.137. The van der Waals surface area contributed by atoms with Crippen LogP contribution in [0, 0.1) is 11.8 Å². The van der Waals surface area contributed by atoms with E-state index < -0.39 is 5.97 Å². The third-order valence-corrected chi connectivity index (χ3v) is 4.99. The van der Waals surface area contributed by atoms with E-state index in [1.165, 1.54) is 0 Å². The van der Waals surface area contributed by atoms with Crippen molar-refractivity contribution < 1.29 is 19.8 Å². The van der Waals surface area contributed by atoms with Crippen molar-refractivity contribution >= 4 is 11.8 Å². The van der Waals surface area contributed by atoms with Crippen LogP contribution in [-0.4, -0.2) is 28.1 Å². The molecule has 0 radical (unpaired) electrons.